The molecule has 0 aromatic carbocycles. The highest BCUT2D eigenvalue weighted by molar-refractivity contribution is 9.10. The average molecular weight is 293 g/mol. The van der Waals surface area contributed by atoms with Gasteiger partial charge < -0.3 is 5.32 Å². The van der Waals surface area contributed by atoms with Gasteiger partial charge in [-0.1, -0.05) is 6.08 Å². The molecule has 0 spiro atoms. The van der Waals surface area contributed by atoms with Crippen molar-refractivity contribution in [3.63, 3.8) is 0 Å². The van der Waals surface area contributed by atoms with E-state index in [4.69, 9.17) is 0 Å². The van der Waals surface area contributed by atoms with E-state index in [1.165, 1.54) is 36.1 Å². The highest BCUT2D eigenvalue weighted by atomic mass is 79.9. The molecule has 0 bridgehead atoms. The molecule has 90 valence electrons. The molecule has 1 saturated heterocycles. The summed E-state index contributed by atoms with van der Waals surface area (Å²) >= 11 is 3.46. The lowest BCUT2D eigenvalue weighted by Crippen LogP contribution is -2.33. The number of fused-ring (bicyclic) bond motifs is 1. The smallest absolute Gasteiger partial charge is 0.109 e. The van der Waals surface area contributed by atoms with Gasteiger partial charge in [-0.15, -0.1) is 0 Å². The van der Waals surface area contributed by atoms with Crippen molar-refractivity contribution in [2.24, 2.45) is 11.8 Å². The minimum atomic E-state index is 0.739. The van der Waals surface area contributed by atoms with E-state index in [0.29, 0.717) is 0 Å². The molecule has 0 amide bonds. The minimum Gasteiger partial charge on any atom is -0.316 e. The summed E-state index contributed by atoms with van der Waals surface area (Å²) in [5.41, 5.74) is 4.02. The SMILES string of the molecule is Cc1cc(C2=CC3CNCCC3C2)cnc1Br. The molecule has 2 heterocycles. The number of allylic oxidation sites excluding steroid dienone is 1. The quantitative estimate of drug-likeness (QED) is 0.805. The standard InChI is InChI=1S/C14H17BrN2/c1-9-4-12(8-17-14(9)15)11-5-10-2-3-16-7-13(10)6-11/h4,6,8,10,13,16H,2-3,5,7H2,1H3. The van der Waals surface area contributed by atoms with Gasteiger partial charge in [0.15, 0.2) is 0 Å². The zero-order valence-electron chi connectivity index (χ0n) is 10.0. The van der Waals surface area contributed by atoms with Crippen LogP contribution in [0.2, 0.25) is 0 Å². The summed E-state index contributed by atoms with van der Waals surface area (Å²) in [4.78, 5) is 4.40. The van der Waals surface area contributed by atoms with Crippen molar-refractivity contribution in [2.45, 2.75) is 19.8 Å². The van der Waals surface area contributed by atoms with Crippen LogP contribution in [-0.4, -0.2) is 18.1 Å². The predicted octanol–water partition coefficient (Wildman–Crippen LogP) is 3.17. The Balaban J connectivity index is 1.87. The molecule has 1 aromatic heterocycles. The third-order valence-electron chi connectivity index (χ3n) is 3.96. The van der Waals surface area contributed by atoms with Crippen molar-refractivity contribution in [3.05, 3.63) is 34.1 Å². The zero-order chi connectivity index (χ0) is 11.8. The second-order valence-electron chi connectivity index (χ2n) is 5.14. The number of hydrogen-bond acceptors (Lipinski definition) is 2. The van der Waals surface area contributed by atoms with Gasteiger partial charge in [0.1, 0.15) is 4.60 Å². The van der Waals surface area contributed by atoms with Gasteiger partial charge in [-0.3, -0.25) is 0 Å². The number of piperidine rings is 1. The van der Waals surface area contributed by atoms with Crippen LogP contribution in [0.4, 0.5) is 0 Å². The molecule has 1 aromatic rings. The van der Waals surface area contributed by atoms with Gasteiger partial charge in [0.05, 0.1) is 0 Å². The molecule has 1 aliphatic carbocycles. The van der Waals surface area contributed by atoms with E-state index in [2.05, 4.69) is 45.3 Å². The number of nitrogens with one attached hydrogen (secondary N) is 1. The van der Waals surface area contributed by atoms with Crippen molar-refractivity contribution < 1.29 is 0 Å². The third-order valence-corrected chi connectivity index (χ3v) is 4.79. The van der Waals surface area contributed by atoms with E-state index in [0.717, 1.165) is 23.0 Å². The lowest BCUT2D eigenvalue weighted by atomic mass is 9.89. The summed E-state index contributed by atoms with van der Waals surface area (Å²) in [6.07, 6.45) is 7.00. The fourth-order valence-electron chi connectivity index (χ4n) is 2.94. The molecule has 2 nitrogen and oxygen atoms in total. The molecular formula is C14H17BrN2. The maximum atomic E-state index is 4.40. The van der Waals surface area contributed by atoms with Gasteiger partial charge in [-0.05, 0) is 76.8 Å². The second-order valence-corrected chi connectivity index (χ2v) is 5.90. The predicted molar refractivity (Wildman–Crippen MR) is 73.7 cm³/mol. The highest BCUT2D eigenvalue weighted by Crippen LogP contribution is 2.39. The van der Waals surface area contributed by atoms with Crippen LogP contribution in [0.15, 0.2) is 22.9 Å². The van der Waals surface area contributed by atoms with Crippen LogP contribution in [0, 0.1) is 18.8 Å². The van der Waals surface area contributed by atoms with Crippen molar-refractivity contribution in [2.75, 3.05) is 13.1 Å². The summed E-state index contributed by atoms with van der Waals surface area (Å²) < 4.78 is 0.957. The Hall–Kier alpha value is -0.670. The molecule has 2 unspecified atom stereocenters. The summed E-state index contributed by atoms with van der Waals surface area (Å²) in [6, 6.07) is 2.24. The molecule has 0 radical (unpaired) electrons. The summed E-state index contributed by atoms with van der Waals surface area (Å²) in [6.45, 7) is 4.43. The largest absolute Gasteiger partial charge is 0.316 e. The molecule has 3 heteroatoms. The number of aryl methyl sites for hydroxylation is 1. The number of pyridine rings is 1. The molecule has 2 atom stereocenters. The van der Waals surface area contributed by atoms with Crippen LogP contribution in [0.5, 0.6) is 0 Å². The Labute approximate surface area is 111 Å². The Morgan fingerprint density at radius 1 is 1.47 bits per heavy atom. The lowest BCUT2D eigenvalue weighted by molar-refractivity contribution is 0.323. The van der Waals surface area contributed by atoms with Crippen LogP contribution in [0.25, 0.3) is 5.57 Å². The van der Waals surface area contributed by atoms with Crippen LogP contribution < -0.4 is 5.32 Å². The molecule has 1 aliphatic heterocycles. The van der Waals surface area contributed by atoms with Gasteiger partial charge in [0.2, 0.25) is 0 Å². The van der Waals surface area contributed by atoms with E-state index in [9.17, 15) is 0 Å². The molecule has 2 aliphatic rings. The number of aromatic nitrogens is 1. The molecular weight excluding hydrogens is 276 g/mol. The first-order chi connectivity index (χ1) is 8.24. The monoisotopic (exact) mass is 292 g/mol. The Kier molecular flexibility index (Phi) is 3.05. The maximum absolute atomic E-state index is 4.40. The van der Waals surface area contributed by atoms with E-state index in [1.807, 2.05) is 6.20 Å². The van der Waals surface area contributed by atoms with E-state index >= 15 is 0 Å². The zero-order valence-corrected chi connectivity index (χ0v) is 11.6. The average Bonchev–Trinajstić information content (AvgIpc) is 2.76. The maximum Gasteiger partial charge on any atom is 0.109 e. The van der Waals surface area contributed by atoms with Crippen molar-refractivity contribution >= 4 is 21.5 Å². The van der Waals surface area contributed by atoms with Crippen molar-refractivity contribution in [1.82, 2.24) is 10.3 Å². The summed E-state index contributed by atoms with van der Waals surface area (Å²) in [5, 5.41) is 3.48. The first-order valence-electron chi connectivity index (χ1n) is 6.28. The van der Waals surface area contributed by atoms with E-state index in [-0.39, 0.29) is 0 Å². The normalized spacial score (nSPS) is 27.8. The number of rotatable bonds is 1. The minimum absolute atomic E-state index is 0.739. The topological polar surface area (TPSA) is 24.9 Å². The van der Waals surface area contributed by atoms with Crippen molar-refractivity contribution in [3.8, 4) is 0 Å². The molecule has 3 rings (SSSR count). The fraction of sp³-hybridized carbons (Fsp3) is 0.500. The summed E-state index contributed by atoms with van der Waals surface area (Å²) in [5.74, 6) is 1.60. The van der Waals surface area contributed by atoms with Gasteiger partial charge in [0, 0.05) is 12.7 Å². The van der Waals surface area contributed by atoms with Gasteiger partial charge >= 0.3 is 0 Å². The highest BCUT2D eigenvalue weighted by Gasteiger charge is 2.30. The Bertz CT molecular complexity index is 467. The van der Waals surface area contributed by atoms with Gasteiger partial charge in [-0.2, -0.15) is 0 Å². The molecule has 1 N–H and O–H groups in total. The first-order valence-corrected chi connectivity index (χ1v) is 7.07. The van der Waals surface area contributed by atoms with E-state index in [1.54, 1.807) is 0 Å². The Morgan fingerprint density at radius 3 is 3.12 bits per heavy atom. The van der Waals surface area contributed by atoms with Gasteiger partial charge in [-0.25, -0.2) is 4.98 Å². The Morgan fingerprint density at radius 2 is 2.35 bits per heavy atom. The third kappa shape index (κ3) is 2.18. The van der Waals surface area contributed by atoms with Crippen LogP contribution >= 0.6 is 15.9 Å². The van der Waals surface area contributed by atoms with Gasteiger partial charge in [0.25, 0.3) is 0 Å². The first kappa shape index (κ1) is 11.4. The van der Waals surface area contributed by atoms with Crippen LogP contribution in [-0.2, 0) is 0 Å². The molecule has 0 saturated carbocycles. The molecule has 17 heavy (non-hydrogen) atoms. The molecule has 1 fully saturated rings. The van der Waals surface area contributed by atoms with E-state index < -0.39 is 0 Å². The fourth-order valence-corrected chi connectivity index (χ4v) is 3.16. The van der Waals surface area contributed by atoms with Crippen molar-refractivity contribution in [1.29, 1.82) is 0 Å². The van der Waals surface area contributed by atoms with Crippen LogP contribution in [0.3, 0.4) is 0 Å². The van der Waals surface area contributed by atoms with Crippen LogP contribution in [0.1, 0.15) is 24.0 Å². The second kappa shape index (κ2) is 4.54. The lowest BCUT2D eigenvalue weighted by Gasteiger charge is -2.25. The number of nitrogens with zero attached hydrogens (tertiary/aromatic N) is 1. The number of hydrogen-bond donors (Lipinski definition) is 1. The number of halogens is 1. The summed E-state index contributed by atoms with van der Waals surface area (Å²) in [7, 11) is 0.